The molecule has 1 saturated heterocycles. The number of benzene rings is 2. The van der Waals surface area contributed by atoms with Crippen LogP contribution in [0.25, 0.3) is 5.57 Å². The molecule has 2 aromatic rings. The van der Waals surface area contributed by atoms with Crippen molar-refractivity contribution in [3.63, 3.8) is 0 Å². The van der Waals surface area contributed by atoms with E-state index in [1.54, 1.807) is 18.2 Å². The molecule has 0 bridgehead atoms. The van der Waals surface area contributed by atoms with Crippen LogP contribution in [-0.4, -0.2) is 22.9 Å². The standard InChI is InChI=1S/C20H11BrF3N3O3S/c1-9(28)27-14-7-6-10(21)8-11(14)15(18(27)30)16-17(29)26-19(31-16)25-13-5-3-2-4-12(13)20(22,23)24/h2-8H,1H3,(H,25,26,29). The van der Waals surface area contributed by atoms with Crippen molar-refractivity contribution in [2.24, 2.45) is 4.99 Å². The van der Waals surface area contributed by atoms with Crippen molar-refractivity contribution < 1.29 is 27.6 Å². The molecule has 158 valence electrons. The van der Waals surface area contributed by atoms with Crippen molar-refractivity contribution in [3.05, 3.63) is 63.0 Å². The average molecular weight is 510 g/mol. The molecule has 0 unspecified atom stereocenters. The minimum atomic E-state index is -4.62. The van der Waals surface area contributed by atoms with Crippen LogP contribution in [0.1, 0.15) is 18.1 Å². The minimum Gasteiger partial charge on any atom is -0.300 e. The zero-order chi connectivity index (χ0) is 22.5. The van der Waals surface area contributed by atoms with Crippen LogP contribution in [0.3, 0.4) is 0 Å². The molecule has 2 aliphatic rings. The lowest BCUT2D eigenvalue weighted by Crippen LogP contribution is -2.31. The molecule has 6 nitrogen and oxygen atoms in total. The highest BCUT2D eigenvalue weighted by Crippen LogP contribution is 2.44. The molecule has 0 aromatic heterocycles. The monoisotopic (exact) mass is 509 g/mol. The first kappa shape index (κ1) is 21.3. The molecular weight excluding hydrogens is 499 g/mol. The summed E-state index contributed by atoms with van der Waals surface area (Å²) in [6.45, 7) is 1.22. The Kier molecular flexibility index (Phi) is 5.26. The zero-order valence-corrected chi connectivity index (χ0v) is 18.0. The number of para-hydroxylation sites is 1. The number of carbonyl (C=O) groups is 3. The van der Waals surface area contributed by atoms with E-state index in [0.29, 0.717) is 15.7 Å². The third kappa shape index (κ3) is 3.79. The highest BCUT2D eigenvalue weighted by molar-refractivity contribution is 9.10. The van der Waals surface area contributed by atoms with Crippen molar-refractivity contribution >= 4 is 67.5 Å². The Morgan fingerprint density at radius 1 is 1.16 bits per heavy atom. The molecular formula is C20H11BrF3N3O3S. The van der Waals surface area contributed by atoms with Crippen molar-refractivity contribution in [3.8, 4) is 0 Å². The Hall–Kier alpha value is -2.92. The largest absolute Gasteiger partial charge is 0.418 e. The first-order valence-electron chi connectivity index (χ1n) is 8.71. The first-order valence-corrected chi connectivity index (χ1v) is 10.3. The van der Waals surface area contributed by atoms with Gasteiger partial charge in [-0.05, 0) is 42.1 Å². The summed E-state index contributed by atoms with van der Waals surface area (Å²) in [4.78, 5) is 42.4. The van der Waals surface area contributed by atoms with Gasteiger partial charge < -0.3 is 5.32 Å². The summed E-state index contributed by atoms with van der Waals surface area (Å²) < 4.78 is 40.3. The van der Waals surface area contributed by atoms with E-state index < -0.39 is 29.5 Å². The van der Waals surface area contributed by atoms with Gasteiger partial charge in [0.1, 0.15) is 0 Å². The maximum Gasteiger partial charge on any atom is 0.418 e. The lowest BCUT2D eigenvalue weighted by molar-refractivity contribution is -0.137. The second-order valence-electron chi connectivity index (χ2n) is 6.51. The molecule has 1 N–H and O–H groups in total. The number of nitrogens with zero attached hydrogens (tertiary/aromatic N) is 2. The summed E-state index contributed by atoms with van der Waals surface area (Å²) in [5.41, 5.74) is -0.639. The fourth-order valence-corrected chi connectivity index (χ4v) is 4.52. The second kappa shape index (κ2) is 7.65. The summed E-state index contributed by atoms with van der Waals surface area (Å²) in [7, 11) is 0. The fourth-order valence-electron chi connectivity index (χ4n) is 3.23. The first-order chi connectivity index (χ1) is 14.6. The SMILES string of the molecule is CC(=O)N1C(=O)C(=C2SC(=Nc3ccccc3C(F)(F)F)NC2=O)c2cc(Br)ccc21. The zero-order valence-electron chi connectivity index (χ0n) is 15.6. The van der Waals surface area contributed by atoms with E-state index >= 15 is 0 Å². The molecule has 0 saturated carbocycles. The molecule has 31 heavy (non-hydrogen) atoms. The van der Waals surface area contributed by atoms with Gasteiger partial charge in [0, 0.05) is 17.0 Å². The number of hydrogen-bond acceptors (Lipinski definition) is 5. The lowest BCUT2D eigenvalue weighted by Gasteiger charge is -2.11. The summed E-state index contributed by atoms with van der Waals surface area (Å²) in [6.07, 6.45) is -4.62. The number of fused-ring (bicyclic) bond motifs is 1. The number of anilines is 1. The Morgan fingerprint density at radius 3 is 2.55 bits per heavy atom. The molecule has 2 heterocycles. The Morgan fingerprint density at radius 2 is 1.87 bits per heavy atom. The Balaban J connectivity index is 1.81. The van der Waals surface area contributed by atoms with Crippen LogP contribution >= 0.6 is 27.7 Å². The van der Waals surface area contributed by atoms with E-state index in [9.17, 15) is 27.6 Å². The molecule has 0 atom stereocenters. The van der Waals surface area contributed by atoms with Crippen molar-refractivity contribution in [2.75, 3.05) is 4.90 Å². The third-order valence-corrected chi connectivity index (χ3v) is 5.96. The van der Waals surface area contributed by atoms with E-state index in [4.69, 9.17) is 0 Å². The normalized spacial score (nSPS) is 19.8. The van der Waals surface area contributed by atoms with Crippen LogP contribution in [0, 0.1) is 0 Å². The van der Waals surface area contributed by atoms with Gasteiger partial charge in [-0.3, -0.25) is 14.4 Å². The molecule has 0 spiro atoms. The number of thioether (sulfide) groups is 1. The van der Waals surface area contributed by atoms with Crippen LogP contribution in [-0.2, 0) is 20.6 Å². The molecule has 4 rings (SSSR count). The van der Waals surface area contributed by atoms with Crippen LogP contribution in [0.2, 0.25) is 0 Å². The summed E-state index contributed by atoms with van der Waals surface area (Å²) in [5, 5.41) is 2.30. The van der Waals surface area contributed by atoms with E-state index in [0.717, 1.165) is 22.7 Å². The quantitative estimate of drug-likeness (QED) is 0.568. The topological polar surface area (TPSA) is 78.8 Å². The number of nitrogens with one attached hydrogen (secondary N) is 1. The van der Waals surface area contributed by atoms with Crippen molar-refractivity contribution in [1.29, 1.82) is 0 Å². The molecule has 2 aromatic carbocycles. The van der Waals surface area contributed by atoms with Gasteiger partial charge in [0.2, 0.25) is 5.91 Å². The van der Waals surface area contributed by atoms with Gasteiger partial charge in [0.15, 0.2) is 5.17 Å². The summed E-state index contributed by atoms with van der Waals surface area (Å²) in [5.74, 6) is -1.90. The second-order valence-corrected chi connectivity index (χ2v) is 8.43. The van der Waals surface area contributed by atoms with Gasteiger partial charge in [0.25, 0.3) is 11.8 Å². The highest BCUT2D eigenvalue weighted by Gasteiger charge is 2.41. The predicted molar refractivity (Wildman–Crippen MR) is 114 cm³/mol. The van der Waals surface area contributed by atoms with Crippen LogP contribution in [0.4, 0.5) is 24.5 Å². The Labute approximate surface area is 186 Å². The number of hydrogen-bond donors (Lipinski definition) is 1. The molecule has 0 radical (unpaired) electrons. The number of aliphatic imine (C=N–C) groups is 1. The third-order valence-electron chi connectivity index (χ3n) is 4.48. The van der Waals surface area contributed by atoms with Crippen LogP contribution in [0.15, 0.2) is 56.8 Å². The van der Waals surface area contributed by atoms with Crippen molar-refractivity contribution in [2.45, 2.75) is 13.1 Å². The molecule has 3 amide bonds. The number of amides is 3. The molecule has 0 aliphatic carbocycles. The maximum atomic E-state index is 13.2. The van der Waals surface area contributed by atoms with E-state index in [1.165, 1.54) is 25.1 Å². The van der Waals surface area contributed by atoms with Gasteiger partial charge >= 0.3 is 6.18 Å². The number of imide groups is 1. The van der Waals surface area contributed by atoms with E-state index in [2.05, 4.69) is 26.2 Å². The predicted octanol–water partition coefficient (Wildman–Crippen LogP) is 4.62. The van der Waals surface area contributed by atoms with Gasteiger partial charge in [-0.2, -0.15) is 13.2 Å². The minimum absolute atomic E-state index is 0.0108. The van der Waals surface area contributed by atoms with Crippen LogP contribution in [0.5, 0.6) is 0 Å². The smallest absolute Gasteiger partial charge is 0.300 e. The van der Waals surface area contributed by atoms with E-state index in [-0.39, 0.29) is 21.3 Å². The lowest BCUT2D eigenvalue weighted by atomic mass is 10.1. The van der Waals surface area contributed by atoms with Crippen molar-refractivity contribution in [1.82, 2.24) is 5.32 Å². The molecule has 2 aliphatic heterocycles. The molecule has 1 fully saturated rings. The van der Waals surface area contributed by atoms with Gasteiger partial charge in [0.05, 0.1) is 27.4 Å². The maximum absolute atomic E-state index is 13.2. The number of halogens is 4. The highest BCUT2D eigenvalue weighted by atomic mass is 79.9. The Bertz CT molecular complexity index is 1220. The summed E-state index contributed by atoms with van der Waals surface area (Å²) in [6, 6.07) is 9.52. The van der Waals surface area contributed by atoms with Gasteiger partial charge in [-0.1, -0.05) is 28.1 Å². The average Bonchev–Trinajstić information content (AvgIpc) is 3.16. The van der Waals surface area contributed by atoms with Gasteiger partial charge in [-0.25, -0.2) is 9.89 Å². The van der Waals surface area contributed by atoms with Crippen LogP contribution < -0.4 is 10.2 Å². The number of amidine groups is 1. The van der Waals surface area contributed by atoms with E-state index in [1.807, 2.05) is 0 Å². The number of carbonyl (C=O) groups excluding carboxylic acids is 3. The number of alkyl halides is 3. The fraction of sp³-hybridized carbons (Fsp3) is 0.100. The van der Waals surface area contributed by atoms with Gasteiger partial charge in [-0.15, -0.1) is 0 Å². The molecule has 11 heteroatoms. The number of rotatable bonds is 1. The summed E-state index contributed by atoms with van der Waals surface area (Å²) >= 11 is 4.05.